The molecule has 1 N–H and O–H groups in total. The summed E-state index contributed by atoms with van der Waals surface area (Å²) in [6.45, 7) is 0. The van der Waals surface area contributed by atoms with Crippen LogP contribution in [0.5, 0.6) is 5.75 Å². The first-order chi connectivity index (χ1) is 3.79. The molecule has 1 heteroatoms. The Hall–Kier alpha value is -0.980. The molecule has 0 fully saturated rings. The quantitative estimate of drug-likeness (QED) is 0.517. The first-order valence-corrected chi connectivity index (χ1v) is 2.04. The Kier molecular flexibility index (Phi) is 0.724. The van der Waals surface area contributed by atoms with Crippen LogP contribution in [0.1, 0.15) is 1.37 Å². The Labute approximate surface area is 43.6 Å². The summed E-state index contributed by atoms with van der Waals surface area (Å²) in [5.74, 6) is 0.209. The molecule has 0 aromatic heterocycles. The van der Waals surface area contributed by atoms with Crippen LogP contribution < -0.4 is 0 Å². The summed E-state index contributed by atoms with van der Waals surface area (Å²) >= 11 is 0. The van der Waals surface area contributed by atoms with Gasteiger partial charge in [0, 0.05) is 0 Å². The average Bonchev–Trinajstić information content (AvgIpc) is 1.77. The van der Waals surface area contributed by atoms with E-state index in [1.54, 1.807) is 0 Å². The van der Waals surface area contributed by atoms with Gasteiger partial charge < -0.3 is 5.11 Å². The largest absolute Gasteiger partial charge is 0.508 e. The number of phenols is 1. The Bertz CT molecular complexity index is 147. The third-order valence-corrected chi connectivity index (χ3v) is 0.701. The third-order valence-electron chi connectivity index (χ3n) is 0.701. The number of phenolic OH excluding ortho intramolecular Hbond substituents is 1. The number of benzene rings is 1. The Morgan fingerprint density at radius 2 is 2.00 bits per heavy atom. The van der Waals surface area contributed by atoms with Crippen molar-refractivity contribution in [3.05, 3.63) is 30.3 Å². The van der Waals surface area contributed by atoms with Gasteiger partial charge in [-0.3, -0.25) is 0 Å². The van der Waals surface area contributed by atoms with Crippen molar-refractivity contribution in [3.8, 4) is 5.75 Å². The molecule has 0 radical (unpaired) electrons. The van der Waals surface area contributed by atoms with Gasteiger partial charge in [-0.1, -0.05) is 18.2 Å². The summed E-state index contributed by atoms with van der Waals surface area (Å²) in [4.78, 5) is 0. The molecular formula is C6H6O. The molecule has 0 aliphatic heterocycles. The normalized spacial score (nSPS) is 10.6. The van der Waals surface area contributed by atoms with E-state index in [2.05, 4.69) is 0 Å². The predicted molar refractivity (Wildman–Crippen MR) is 28.1 cm³/mol. The van der Waals surface area contributed by atoms with Crippen LogP contribution in [-0.4, -0.2) is 5.11 Å². The zero-order chi connectivity index (χ0) is 5.98. The molecule has 0 aliphatic carbocycles. The maximum Gasteiger partial charge on any atom is 0.115 e. The minimum atomic E-state index is 0.209. The van der Waals surface area contributed by atoms with E-state index in [4.69, 9.17) is 6.48 Å². The highest BCUT2D eigenvalue weighted by atomic mass is 16.3. The van der Waals surface area contributed by atoms with Gasteiger partial charge in [0.2, 0.25) is 0 Å². The van der Waals surface area contributed by atoms with Crippen molar-refractivity contribution in [2.45, 2.75) is 0 Å². The van der Waals surface area contributed by atoms with Gasteiger partial charge in [0.15, 0.2) is 0 Å². The van der Waals surface area contributed by atoms with Crippen molar-refractivity contribution in [2.24, 2.45) is 0 Å². The van der Waals surface area contributed by atoms with Crippen molar-refractivity contribution in [2.75, 3.05) is 0 Å². The summed E-state index contributed by atoms with van der Waals surface area (Å²) in [5, 5.41) is 8.67. The van der Waals surface area contributed by atoms with Gasteiger partial charge in [0.05, 0.1) is 1.37 Å². The average molecular weight is 96.1 g/mol. The third kappa shape index (κ3) is 0.929. The molecule has 0 heterocycles. The molecule has 1 aromatic rings. The lowest BCUT2D eigenvalue weighted by Crippen LogP contribution is -1.56. The number of aromatic hydroxyl groups is 1. The molecule has 0 aliphatic rings. The van der Waals surface area contributed by atoms with Crippen LogP contribution in [0.2, 0.25) is 0 Å². The fourth-order valence-electron chi connectivity index (χ4n) is 0.378. The van der Waals surface area contributed by atoms with Crippen LogP contribution in [0.3, 0.4) is 0 Å². The Morgan fingerprint density at radius 3 is 2.43 bits per heavy atom. The summed E-state index contributed by atoms with van der Waals surface area (Å²) in [7, 11) is 0. The SMILES string of the molecule is [3H]c1ccc(O)cc1. The van der Waals surface area contributed by atoms with Crippen LogP contribution in [0.4, 0.5) is 0 Å². The van der Waals surface area contributed by atoms with Crippen molar-refractivity contribution in [1.82, 2.24) is 0 Å². The van der Waals surface area contributed by atoms with Gasteiger partial charge in [-0.05, 0) is 12.1 Å². The maximum atomic E-state index is 8.67. The maximum absolute atomic E-state index is 8.67. The van der Waals surface area contributed by atoms with Crippen LogP contribution >= 0.6 is 0 Å². The molecule has 0 saturated heterocycles. The molecule has 0 saturated carbocycles. The minimum Gasteiger partial charge on any atom is -0.508 e. The van der Waals surface area contributed by atoms with E-state index in [9.17, 15) is 0 Å². The van der Waals surface area contributed by atoms with Crippen LogP contribution in [0.25, 0.3) is 0 Å². The van der Waals surface area contributed by atoms with E-state index < -0.39 is 0 Å². The summed E-state index contributed by atoms with van der Waals surface area (Å²) in [5.41, 5.74) is 0. The van der Waals surface area contributed by atoms with Crippen LogP contribution in [0.15, 0.2) is 30.3 Å². The number of hydrogen-bond acceptors (Lipinski definition) is 1. The van der Waals surface area contributed by atoms with Crippen molar-refractivity contribution >= 4 is 0 Å². The van der Waals surface area contributed by atoms with E-state index >= 15 is 0 Å². The smallest absolute Gasteiger partial charge is 0.115 e. The summed E-state index contributed by atoms with van der Waals surface area (Å²) in [6.07, 6.45) is 0. The second-order valence-electron chi connectivity index (χ2n) is 1.26. The molecule has 1 rings (SSSR count). The Balaban J connectivity index is 3.03. The van der Waals surface area contributed by atoms with Crippen molar-refractivity contribution in [1.29, 1.82) is 0 Å². The fraction of sp³-hybridized carbons (Fsp3) is 0. The molecule has 1 nitrogen and oxygen atoms in total. The van der Waals surface area contributed by atoms with E-state index in [1.165, 1.54) is 24.3 Å². The monoisotopic (exact) mass is 96.1 g/mol. The zero-order valence-corrected chi connectivity index (χ0v) is 3.76. The summed E-state index contributed by atoms with van der Waals surface area (Å²) in [6, 6.07) is 6.47. The zero-order valence-electron chi connectivity index (χ0n) is 4.76. The lowest BCUT2D eigenvalue weighted by atomic mass is 10.3. The number of rotatable bonds is 0. The summed E-state index contributed by atoms with van der Waals surface area (Å²) < 4.78 is 6.98. The van der Waals surface area contributed by atoms with Gasteiger partial charge in [-0.25, -0.2) is 0 Å². The molecule has 7 heavy (non-hydrogen) atoms. The first kappa shape index (κ1) is 3.08. The van der Waals surface area contributed by atoms with Gasteiger partial charge in [-0.15, -0.1) is 0 Å². The van der Waals surface area contributed by atoms with E-state index in [0.29, 0.717) is 6.04 Å². The van der Waals surface area contributed by atoms with Crippen molar-refractivity contribution in [3.63, 3.8) is 0 Å². The molecule has 0 unspecified atom stereocenters. The van der Waals surface area contributed by atoms with Gasteiger partial charge in [-0.2, -0.15) is 0 Å². The lowest BCUT2D eigenvalue weighted by molar-refractivity contribution is 0.475. The fourth-order valence-corrected chi connectivity index (χ4v) is 0.378. The highest BCUT2D eigenvalue weighted by molar-refractivity contribution is 5.18. The standard InChI is InChI=1S/C6H6O/c7-6-4-2-1-3-5-6/h1-5,7H/i1T. The molecule has 0 spiro atoms. The second kappa shape index (κ2) is 1.65. The second-order valence-corrected chi connectivity index (χ2v) is 1.26. The molecule has 0 bridgehead atoms. The Morgan fingerprint density at radius 1 is 1.43 bits per heavy atom. The number of para-hydroxylation sites is 1. The van der Waals surface area contributed by atoms with E-state index in [0.717, 1.165) is 0 Å². The molecule has 36 valence electrons. The first-order valence-electron chi connectivity index (χ1n) is 2.54. The van der Waals surface area contributed by atoms with E-state index in [-0.39, 0.29) is 5.75 Å². The molecular weight excluding hydrogens is 88.1 g/mol. The highest BCUT2D eigenvalue weighted by Gasteiger charge is 1.74. The lowest BCUT2D eigenvalue weighted by Gasteiger charge is -1.82. The van der Waals surface area contributed by atoms with Gasteiger partial charge in [0.25, 0.3) is 0 Å². The minimum absolute atomic E-state index is 0.209. The molecule has 0 atom stereocenters. The van der Waals surface area contributed by atoms with E-state index in [1.807, 2.05) is 0 Å². The molecule has 0 amide bonds. The predicted octanol–water partition coefficient (Wildman–Crippen LogP) is 1.39. The highest BCUT2D eigenvalue weighted by Crippen LogP contribution is 2.02. The molecule has 1 aromatic carbocycles. The van der Waals surface area contributed by atoms with Crippen LogP contribution in [0, 0.1) is 0 Å². The van der Waals surface area contributed by atoms with Gasteiger partial charge >= 0.3 is 0 Å². The van der Waals surface area contributed by atoms with Crippen molar-refractivity contribution < 1.29 is 6.48 Å². The number of hydrogen-bond donors (Lipinski definition) is 1. The topological polar surface area (TPSA) is 20.2 Å². The van der Waals surface area contributed by atoms with Crippen LogP contribution in [-0.2, 0) is 0 Å². The van der Waals surface area contributed by atoms with Gasteiger partial charge in [0.1, 0.15) is 5.75 Å².